The fraction of sp³-hybridized carbons (Fsp3) is 0.500. The van der Waals surface area contributed by atoms with Gasteiger partial charge in [0.1, 0.15) is 5.76 Å². The Hall–Kier alpha value is -1.88. The molecule has 0 N–H and O–H groups in total. The van der Waals surface area contributed by atoms with Crippen LogP contribution in [0.4, 0.5) is 5.69 Å². The van der Waals surface area contributed by atoms with E-state index in [1.807, 2.05) is 25.4 Å². The van der Waals surface area contributed by atoms with Crippen LogP contribution >= 0.6 is 0 Å². The van der Waals surface area contributed by atoms with E-state index in [0.29, 0.717) is 0 Å². The summed E-state index contributed by atoms with van der Waals surface area (Å²) in [6.45, 7) is 5.06. The van der Waals surface area contributed by atoms with Crippen molar-refractivity contribution < 1.29 is 4.52 Å². The van der Waals surface area contributed by atoms with Gasteiger partial charge in [-0.05, 0) is 31.4 Å². The molecule has 112 valence electrons. The van der Waals surface area contributed by atoms with Gasteiger partial charge < -0.3 is 9.42 Å². The van der Waals surface area contributed by atoms with Crippen molar-refractivity contribution in [2.45, 2.75) is 32.7 Å². The summed E-state index contributed by atoms with van der Waals surface area (Å²) < 4.78 is 5.24. The van der Waals surface area contributed by atoms with E-state index in [1.54, 1.807) is 0 Å². The third-order valence-electron chi connectivity index (χ3n) is 3.93. The molecule has 2 aromatic rings. The monoisotopic (exact) mass is 286 g/mol. The van der Waals surface area contributed by atoms with E-state index < -0.39 is 0 Å². The zero-order valence-electron chi connectivity index (χ0n) is 12.7. The molecule has 21 heavy (non-hydrogen) atoms. The van der Waals surface area contributed by atoms with Gasteiger partial charge in [0.15, 0.2) is 0 Å². The zero-order valence-corrected chi connectivity index (χ0v) is 12.7. The molecule has 3 heterocycles. The van der Waals surface area contributed by atoms with E-state index in [-0.39, 0.29) is 0 Å². The van der Waals surface area contributed by atoms with E-state index in [9.17, 15) is 0 Å². The third kappa shape index (κ3) is 3.42. The zero-order chi connectivity index (χ0) is 14.7. The van der Waals surface area contributed by atoms with Crippen molar-refractivity contribution in [2.24, 2.45) is 0 Å². The number of fused-ring (bicyclic) bond motifs is 1. The minimum absolute atomic E-state index is 0.966. The van der Waals surface area contributed by atoms with Crippen molar-refractivity contribution in [3.8, 4) is 0 Å². The summed E-state index contributed by atoms with van der Waals surface area (Å²) in [5, 5.41) is 3.92. The molecule has 0 aliphatic carbocycles. The van der Waals surface area contributed by atoms with E-state index in [0.717, 1.165) is 44.1 Å². The van der Waals surface area contributed by atoms with Gasteiger partial charge in [-0.15, -0.1) is 0 Å². The van der Waals surface area contributed by atoms with Gasteiger partial charge in [-0.2, -0.15) is 0 Å². The highest BCUT2D eigenvalue weighted by atomic mass is 16.5. The molecule has 3 rings (SSSR count). The molecule has 5 heteroatoms. The lowest BCUT2D eigenvalue weighted by Gasteiger charge is -2.35. The van der Waals surface area contributed by atoms with Crippen molar-refractivity contribution in [2.75, 3.05) is 25.2 Å². The Morgan fingerprint density at radius 1 is 1.33 bits per heavy atom. The molecule has 0 saturated heterocycles. The Balaban J connectivity index is 1.46. The van der Waals surface area contributed by atoms with E-state index in [4.69, 9.17) is 4.52 Å². The highest BCUT2D eigenvalue weighted by Crippen LogP contribution is 2.24. The summed E-state index contributed by atoms with van der Waals surface area (Å²) in [5.74, 6) is 1.000. The van der Waals surface area contributed by atoms with Crippen LogP contribution in [0.2, 0.25) is 0 Å². The number of nitrogens with zero attached hydrogens (tertiary/aromatic N) is 4. The van der Waals surface area contributed by atoms with Gasteiger partial charge in [-0.3, -0.25) is 9.88 Å². The standard InChI is InChI=1S/C16H22N4O/c1-13-9-15(21-18-13)5-3-4-8-20-11-14-6-7-17-10-16(14)19(2)12-20/h6-7,9-10H,3-5,8,11-12H2,1-2H3. The van der Waals surface area contributed by atoms with E-state index >= 15 is 0 Å². The lowest BCUT2D eigenvalue weighted by molar-refractivity contribution is 0.250. The fourth-order valence-corrected chi connectivity index (χ4v) is 2.88. The summed E-state index contributed by atoms with van der Waals surface area (Å²) in [4.78, 5) is 8.96. The van der Waals surface area contributed by atoms with Crippen LogP contribution in [0.25, 0.3) is 0 Å². The van der Waals surface area contributed by atoms with Gasteiger partial charge in [0.2, 0.25) is 0 Å². The van der Waals surface area contributed by atoms with Crippen LogP contribution in [0.15, 0.2) is 29.0 Å². The van der Waals surface area contributed by atoms with Crippen LogP contribution < -0.4 is 4.90 Å². The molecule has 0 amide bonds. The topological polar surface area (TPSA) is 45.4 Å². The van der Waals surface area contributed by atoms with Crippen molar-refractivity contribution in [1.29, 1.82) is 0 Å². The largest absolute Gasteiger partial charge is 0.361 e. The first-order valence-corrected chi connectivity index (χ1v) is 7.51. The highest BCUT2D eigenvalue weighted by Gasteiger charge is 2.19. The SMILES string of the molecule is Cc1cc(CCCCN2Cc3ccncc3N(C)C2)on1. The maximum atomic E-state index is 5.24. The predicted molar refractivity (Wildman–Crippen MR) is 82.1 cm³/mol. The third-order valence-corrected chi connectivity index (χ3v) is 3.93. The Morgan fingerprint density at radius 3 is 3.05 bits per heavy atom. The molecular weight excluding hydrogens is 264 g/mol. The highest BCUT2D eigenvalue weighted by molar-refractivity contribution is 5.52. The minimum Gasteiger partial charge on any atom is -0.361 e. The summed E-state index contributed by atoms with van der Waals surface area (Å²) in [7, 11) is 2.13. The molecule has 2 aromatic heterocycles. The summed E-state index contributed by atoms with van der Waals surface area (Å²) in [6.07, 6.45) is 7.12. The molecule has 0 spiro atoms. The van der Waals surface area contributed by atoms with Crippen molar-refractivity contribution >= 4 is 5.69 Å². The number of pyridine rings is 1. The first-order chi connectivity index (χ1) is 10.2. The number of anilines is 1. The van der Waals surface area contributed by atoms with Gasteiger partial charge in [0.05, 0.1) is 24.2 Å². The van der Waals surface area contributed by atoms with Gasteiger partial charge in [-0.1, -0.05) is 5.16 Å². The first kappa shape index (κ1) is 14.1. The predicted octanol–water partition coefficient (Wildman–Crippen LogP) is 2.61. The average Bonchev–Trinajstić information content (AvgIpc) is 2.89. The second-order valence-electron chi connectivity index (χ2n) is 5.79. The van der Waals surface area contributed by atoms with Crippen LogP contribution in [0.1, 0.15) is 29.9 Å². The Kier molecular flexibility index (Phi) is 4.20. The number of aromatic nitrogens is 2. The second kappa shape index (κ2) is 6.26. The lowest BCUT2D eigenvalue weighted by Crippen LogP contribution is -2.40. The Morgan fingerprint density at radius 2 is 2.24 bits per heavy atom. The molecule has 1 aliphatic heterocycles. The average molecular weight is 286 g/mol. The number of unbranched alkanes of at least 4 members (excludes halogenated alkanes) is 1. The van der Waals surface area contributed by atoms with Crippen LogP contribution in [0.3, 0.4) is 0 Å². The van der Waals surface area contributed by atoms with Crippen molar-refractivity contribution in [3.63, 3.8) is 0 Å². The van der Waals surface area contributed by atoms with Crippen LogP contribution in [-0.2, 0) is 13.0 Å². The van der Waals surface area contributed by atoms with Gasteiger partial charge >= 0.3 is 0 Å². The van der Waals surface area contributed by atoms with Gasteiger partial charge in [0.25, 0.3) is 0 Å². The molecule has 1 aliphatic rings. The first-order valence-electron chi connectivity index (χ1n) is 7.51. The second-order valence-corrected chi connectivity index (χ2v) is 5.79. The molecule has 0 radical (unpaired) electrons. The van der Waals surface area contributed by atoms with Crippen molar-refractivity contribution in [1.82, 2.24) is 15.0 Å². The number of hydrogen-bond acceptors (Lipinski definition) is 5. The molecule has 0 bridgehead atoms. The number of aryl methyl sites for hydroxylation is 2. The maximum Gasteiger partial charge on any atom is 0.136 e. The molecule has 0 saturated carbocycles. The number of rotatable bonds is 5. The molecule has 0 fully saturated rings. The van der Waals surface area contributed by atoms with Crippen LogP contribution in [0.5, 0.6) is 0 Å². The van der Waals surface area contributed by atoms with Gasteiger partial charge in [0, 0.05) is 38.8 Å². The Bertz CT molecular complexity index is 595. The summed E-state index contributed by atoms with van der Waals surface area (Å²) >= 11 is 0. The molecule has 0 atom stereocenters. The van der Waals surface area contributed by atoms with E-state index in [2.05, 4.69) is 33.1 Å². The fourth-order valence-electron chi connectivity index (χ4n) is 2.88. The molecule has 5 nitrogen and oxygen atoms in total. The summed E-state index contributed by atoms with van der Waals surface area (Å²) in [5.41, 5.74) is 3.59. The molecular formula is C16H22N4O. The van der Waals surface area contributed by atoms with E-state index in [1.165, 1.54) is 17.7 Å². The number of hydrogen-bond donors (Lipinski definition) is 0. The molecule has 0 unspecified atom stereocenters. The quantitative estimate of drug-likeness (QED) is 0.791. The Labute approximate surface area is 125 Å². The smallest absolute Gasteiger partial charge is 0.136 e. The maximum absolute atomic E-state index is 5.24. The minimum atomic E-state index is 0.966. The normalized spacial score (nSPS) is 15.2. The lowest BCUT2D eigenvalue weighted by atomic mass is 10.1. The van der Waals surface area contributed by atoms with Crippen LogP contribution in [0, 0.1) is 6.92 Å². The van der Waals surface area contributed by atoms with Gasteiger partial charge in [-0.25, -0.2) is 0 Å². The summed E-state index contributed by atoms with van der Waals surface area (Å²) in [6, 6.07) is 4.15. The van der Waals surface area contributed by atoms with Crippen molar-refractivity contribution in [3.05, 3.63) is 41.5 Å². The van der Waals surface area contributed by atoms with Crippen LogP contribution in [-0.4, -0.2) is 35.3 Å². The molecule has 0 aromatic carbocycles.